The number of nitrogens with zero attached hydrogens (tertiary/aromatic N) is 1. The second-order valence-electron chi connectivity index (χ2n) is 8.28. The van der Waals surface area contributed by atoms with Gasteiger partial charge < -0.3 is 15.0 Å². The fourth-order valence-electron chi connectivity index (χ4n) is 4.28. The summed E-state index contributed by atoms with van der Waals surface area (Å²) in [7, 11) is 0. The fraction of sp³-hybridized carbons (Fsp3) is 0.417. The molecule has 7 nitrogen and oxygen atoms in total. The molecule has 2 N–H and O–H groups in total. The monoisotopic (exact) mass is 485 g/mol. The summed E-state index contributed by atoms with van der Waals surface area (Å²) in [6, 6.07) is 10.9. The summed E-state index contributed by atoms with van der Waals surface area (Å²) in [4.78, 5) is 44.7. The van der Waals surface area contributed by atoms with Crippen LogP contribution >= 0.6 is 23.5 Å². The maximum Gasteiger partial charge on any atom is 0.336 e. The lowest BCUT2D eigenvalue weighted by atomic mass is 9.79. The van der Waals surface area contributed by atoms with E-state index in [1.165, 1.54) is 6.07 Å². The highest BCUT2D eigenvalue weighted by atomic mass is 32.2. The predicted octanol–water partition coefficient (Wildman–Crippen LogP) is 3.97. The van der Waals surface area contributed by atoms with Crippen LogP contribution in [0.5, 0.6) is 0 Å². The smallest absolute Gasteiger partial charge is 0.336 e. The van der Waals surface area contributed by atoms with Crippen molar-refractivity contribution in [3.63, 3.8) is 0 Å². The number of hydrogen-bond donors (Lipinski definition) is 2. The van der Waals surface area contributed by atoms with Gasteiger partial charge in [0.05, 0.1) is 28.7 Å². The minimum Gasteiger partial charge on any atom is -0.463 e. The Morgan fingerprint density at radius 1 is 1.27 bits per heavy atom. The summed E-state index contributed by atoms with van der Waals surface area (Å²) in [5.41, 5.74) is 1.72. The number of rotatable bonds is 7. The van der Waals surface area contributed by atoms with Gasteiger partial charge in [0, 0.05) is 22.8 Å². The molecule has 0 radical (unpaired) electrons. The fourth-order valence-corrected chi connectivity index (χ4v) is 6.65. The number of aromatic nitrogens is 2. The van der Waals surface area contributed by atoms with Gasteiger partial charge in [0.1, 0.15) is 0 Å². The lowest BCUT2D eigenvalue weighted by Crippen LogP contribution is -2.28. The molecule has 3 atom stereocenters. The minimum absolute atomic E-state index is 0.0626. The van der Waals surface area contributed by atoms with Gasteiger partial charge >= 0.3 is 5.97 Å². The van der Waals surface area contributed by atoms with Crippen LogP contribution in [0.2, 0.25) is 0 Å². The highest BCUT2D eigenvalue weighted by molar-refractivity contribution is 8.04. The van der Waals surface area contributed by atoms with Crippen LogP contribution in [0.25, 0.3) is 11.3 Å². The number of ether oxygens (including phenoxy) is 1. The first kappa shape index (κ1) is 23.6. The van der Waals surface area contributed by atoms with E-state index in [9.17, 15) is 14.4 Å². The van der Waals surface area contributed by atoms with Crippen molar-refractivity contribution in [2.75, 3.05) is 12.4 Å². The molecule has 1 aliphatic heterocycles. The van der Waals surface area contributed by atoms with E-state index >= 15 is 0 Å². The van der Waals surface area contributed by atoms with Crippen molar-refractivity contribution in [3.05, 3.63) is 57.4 Å². The molecule has 2 aliphatic rings. The van der Waals surface area contributed by atoms with Gasteiger partial charge in [-0.3, -0.25) is 9.59 Å². The number of carbonyl (C=O) groups is 2. The second kappa shape index (κ2) is 10.6. The topological polar surface area (TPSA) is 101 Å². The third kappa shape index (κ3) is 5.70. The van der Waals surface area contributed by atoms with E-state index in [1.54, 1.807) is 18.7 Å². The number of thioether (sulfide) groups is 2. The average Bonchev–Trinajstić information content (AvgIpc) is 3.15. The molecule has 2 heterocycles. The number of benzene rings is 1. The molecule has 1 saturated carbocycles. The zero-order chi connectivity index (χ0) is 23.4. The summed E-state index contributed by atoms with van der Waals surface area (Å²) >= 11 is 2.73. The molecule has 0 bridgehead atoms. The zero-order valence-corrected chi connectivity index (χ0v) is 20.3. The van der Waals surface area contributed by atoms with E-state index in [2.05, 4.69) is 22.2 Å². The molecule has 0 spiro atoms. The first-order valence-corrected chi connectivity index (χ1v) is 13.0. The van der Waals surface area contributed by atoms with E-state index < -0.39 is 0 Å². The summed E-state index contributed by atoms with van der Waals surface area (Å²) in [5.74, 6) is 0.203. The van der Waals surface area contributed by atoms with Crippen molar-refractivity contribution < 1.29 is 14.3 Å². The lowest BCUT2D eigenvalue weighted by molar-refractivity contribution is -0.139. The average molecular weight is 486 g/mol. The SMILES string of the molecule is CCOC(=O)C1=C(NC(=O)CSc2nc(-c3ccccc3)cc(=O)[nH]2)SC2CC(C)CCC12. The Bertz CT molecular complexity index is 1120. The van der Waals surface area contributed by atoms with Gasteiger partial charge in [-0.15, -0.1) is 11.8 Å². The molecule has 9 heteroatoms. The van der Waals surface area contributed by atoms with E-state index in [1.807, 2.05) is 30.3 Å². The zero-order valence-electron chi connectivity index (χ0n) is 18.6. The van der Waals surface area contributed by atoms with E-state index in [0.717, 1.165) is 36.6 Å². The highest BCUT2D eigenvalue weighted by Crippen LogP contribution is 2.49. The van der Waals surface area contributed by atoms with Crippen LogP contribution in [-0.2, 0) is 14.3 Å². The van der Waals surface area contributed by atoms with Gasteiger partial charge in [0.2, 0.25) is 5.91 Å². The van der Waals surface area contributed by atoms with Gasteiger partial charge in [-0.1, -0.05) is 55.4 Å². The van der Waals surface area contributed by atoms with Crippen LogP contribution in [0.1, 0.15) is 33.1 Å². The first-order valence-electron chi connectivity index (χ1n) is 11.1. The maximum absolute atomic E-state index is 12.8. The van der Waals surface area contributed by atoms with E-state index in [-0.39, 0.29) is 34.4 Å². The molecule has 1 aromatic carbocycles. The van der Waals surface area contributed by atoms with Crippen molar-refractivity contribution in [1.82, 2.24) is 15.3 Å². The van der Waals surface area contributed by atoms with Crippen molar-refractivity contribution in [2.24, 2.45) is 11.8 Å². The summed E-state index contributed by atoms with van der Waals surface area (Å²) in [5, 5.41) is 4.21. The molecule has 2 aromatic rings. The summed E-state index contributed by atoms with van der Waals surface area (Å²) in [6.45, 7) is 4.31. The molecular formula is C24H27N3O4S2. The quantitative estimate of drug-likeness (QED) is 0.348. The normalized spacial score (nSPS) is 22.1. The van der Waals surface area contributed by atoms with Crippen molar-refractivity contribution in [1.29, 1.82) is 0 Å². The van der Waals surface area contributed by atoms with Crippen LogP contribution in [-0.4, -0.2) is 39.5 Å². The Hall–Kier alpha value is -2.52. The van der Waals surface area contributed by atoms with Crippen molar-refractivity contribution in [2.45, 2.75) is 43.5 Å². The summed E-state index contributed by atoms with van der Waals surface area (Å²) < 4.78 is 5.29. The number of fused-ring (bicyclic) bond motifs is 1. The minimum atomic E-state index is -0.337. The van der Waals surface area contributed by atoms with Gasteiger partial charge in [0.25, 0.3) is 5.56 Å². The molecule has 1 fully saturated rings. The van der Waals surface area contributed by atoms with Gasteiger partial charge in [-0.05, 0) is 25.7 Å². The van der Waals surface area contributed by atoms with Crippen LogP contribution < -0.4 is 10.9 Å². The van der Waals surface area contributed by atoms with Crippen molar-refractivity contribution >= 4 is 35.4 Å². The van der Waals surface area contributed by atoms with Gasteiger partial charge in [-0.25, -0.2) is 9.78 Å². The standard InChI is InChI=1S/C24H27N3O4S2/c1-3-31-23(30)21-16-10-9-14(2)11-18(16)33-22(21)26-20(29)13-32-24-25-17(12-19(28)27-24)15-7-5-4-6-8-15/h4-8,12,14,16,18H,3,9-11,13H2,1-2H3,(H,26,29)(H,25,27,28). The molecule has 1 aromatic heterocycles. The number of H-pyrrole nitrogens is 1. The van der Waals surface area contributed by atoms with Crippen LogP contribution in [0.4, 0.5) is 0 Å². The van der Waals surface area contributed by atoms with E-state index in [4.69, 9.17) is 4.74 Å². The van der Waals surface area contributed by atoms with Crippen molar-refractivity contribution in [3.8, 4) is 11.3 Å². The van der Waals surface area contributed by atoms with Gasteiger partial charge in [-0.2, -0.15) is 0 Å². The number of amides is 1. The van der Waals surface area contributed by atoms with Crippen LogP contribution in [0, 0.1) is 11.8 Å². The molecule has 4 rings (SSSR count). The van der Waals surface area contributed by atoms with Crippen LogP contribution in [0.15, 0.2) is 57.0 Å². The third-order valence-corrected chi connectivity index (χ3v) is 8.07. The molecule has 1 aliphatic carbocycles. The first-order chi connectivity index (χ1) is 15.9. The predicted molar refractivity (Wildman–Crippen MR) is 131 cm³/mol. The number of hydrogen-bond acceptors (Lipinski definition) is 7. The number of carbonyl (C=O) groups excluding carboxylic acids is 2. The highest BCUT2D eigenvalue weighted by Gasteiger charge is 2.43. The molecule has 174 valence electrons. The number of aromatic amines is 1. The molecule has 3 unspecified atom stereocenters. The Labute approximate surface area is 201 Å². The lowest BCUT2D eigenvalue weighted by Gasteiger charge is -2.29. The Balaban J connectivity index is 1.45. The second-order valence-corrected chi connectivity index (χ2v) is 10.5. The summed E-state index contributed by atoms with van der Waals surface area (Å²) in [6.07, 6.45) is 3.01. The Kier molecular flexibility index (Phi) is 7.60. The number of esters is 1. The third-order valence-electron chi connectivity index (χ3n) is 5.82. The Morgan fingerprint density at radius 3 is 2.82 bits per heavy atom. The molecule has 1 amide bonds. The number of nitrogens with one attached hydrogen (secondary N) is 2. The molecule has 33 heavy (non-hydrogen) atoms. The van der Waals surface area contributed by atoms with Crippen LogP contribution in [0.3, 0.4) is 0 Å². The van der Waals surface area contributed by atoms with Gasteiger partial charge in [0.15, 0.2) is 5.16 Å². The molecule has 0 saturated heterocycles. The Morgan fingerprint density at radius 2 is 2.06 bits per heavy atom. The largest absolute Gasteiger partial charge is 0.463 e. The molecular weight excluding hydrogens is 458 g/mol. The maximum atomic E-state index is 12.8. The van der Waals surface area contributed by atoms with E-state index in [0.29, 0.717) is 34.0 Å².